The summed E-state index contributed by atoms with van der Waals surface area (Å²) >= 11 is 0. The SMILES string of the molecule is CC(=O)OC[C@H]1O[C@@H](Oc2ccc3cc4c(cc3c2)C(=N)N=C4N)[C@H](OC(C)=O)[C@@H](OC(C)=O)[C@@H]1OC(C)=O. The summed E-state index contributed by atoms with van der Waals surface area (Å²) in [5, 5.41) is 9.55. The zero-order valence-electron chi connectivity index (χ0n) is 21.6. The lowest BCUT2D eigenvalue weighted by Gasteiger charge is -2.43. The zero-order chi connectivity index (χ0) is 28.4. The van der Waals surface area contributed by atoms with E-state index in [1.165, 1.54) is 6.92 Å². The van der Waals surface area contributed by atoms with Gasteiger partial charge in [0, 0.05) is 38.8 Å². The fourth-order valence-corrected chi connectivity index (χ4v) is 4.42. The van der Waals surface area contributed by atoms with Crippen molar-refractivity contribution in [3.8, 4) is 5.75 Å². The average molecular weight is 542 g/mol. The van der Waals surface area contributed by atoms with E-state index in [0.29, 0.717) is 16.5 Å². The van der Waals surface area contributed by atoms with Crippen LogP contribution in [0.2, 0.25) is 0 Å². The molecule has 0 spiro atoms. The molecule has 3 N–H and O–H groups in total. The number of hydrogen-bond acceptors (Lipinski definition) is 12. The summed E-state index contributed by atoms with van der Waals surface area (Å²) in [6.45, 7) is 4.24. The van der Waals surface area contributed by atoms with E-state index in [2.05, 4.69) is 4.99 Å². The Balaban J connectivity index is 1.71. The largest absolute Gasteiger partial charge is 0.463 e. The van der Waals surface area contributed by atoms with E-state index in [-0.39, 0.29) is 24.0 Å². The summed E-state index contributed by atoms with van der Waals surface area (Å²) < 4.78 is 33.3. The first-order valence-electron chi connectivity index (χ1n) is 11.9. The second-order valence-electron chi connectivity index (χ2n) is 8.94. The molecule has 4 rings (SSSR count). The molecule has 0 radical (unpaired) electrons. The van der Waals surface area contributed by atoms with E-state index in [1.807, 2.05) is 6.07 Å². The van der Waals surface area contributed by atoms with Crippen molar-refractivity contribution < 1.29 is 47.6 Å². The van der Waals surface area contributed by atoms with Crippen molar-refractivity contribution in [1.82, 2.24) is 0 Å². The van der Waals surface area contributed by atoms with Crippen LogP contribution in [0.4, 0.5) is 0 Å². The lowest BCUT2D eigenvalue weighted by atomic mass is 9.98. The molecular weight excluding hydrogens is 514 g/mol. The first kappa shape index (κ1) is 27.5. The molecule has 5 atom stereocenters. The number of amidine groups is 2. The van der Waals surface area contributed by atoms with Crippen molar-refractivity contribution in [3.63, 3.8) is 0 Å². The second kappa shape index (κ2) is 11.1. The molecule has 0 saturated carbocycles. The van der Waals surface area contributed by atoms with E-state index in [0.717, 1.165) is 26.2 Å². The maximum atomic E-state index is 12.0. The van der Waals surface area contributed by atoms with Gasteiger partial charge in [0.05, 0.1) is 0 Å². The van der Waals surface area contributed by atoms with Gasteiger partial charge in [-0.2, -0.15) is 0 Å². The number of nitrogens with two attached hydrogens (primary N) is 1. The molecule has 1 fully saturated rings. The molecule has 1 saturated heterocycles. The van der Waals surface area contributed by atoms with Crippen molar-refractivity contribution in [1.29, 1.82) is 5.41 Å². The highest BCUT2D eigenvalue weighted by molar-refractivity contribution is 6.22. The molecule has 0 aromatic heterocycles. The number of nitrogens with one attached hydrogen (secondary N) is 1. The Hall–Kier alpha value is -4.52. The Kier molecular flexibility index (Phi) is 7.81. The minimum Gasteiger partial charge on any atom is -0.463 e. The number of hydrogen-bond donors (Lipinski definition) is 2. The number of ether oxygens (including phenoxy) is 6. The highest BCUT2D eigenvalue weighted by atomic mass is 16.7. The van der Waals surface area contributed by atoms with Crippen molar-refractivity contribution in [2.24, 2.45) is 10.7 Å². The van der Waals surface area contributed by atoms with Gasteiger partial charge < -0.3 is 34.2 Å². The van der Waals surface area contributed by atoms with Crippen LogP contribution in [-0.4, -0.2) is 72.9 Å². The van der Waals surface area contributed by atoms with Crippen molar-refractivity contribution >= 4 is 46.3 Å². The lowest BCUT2D eigenvalue weighted by molar-refractivity contribution is -0.288. The first-order valence-corrected chi connectivity index (χ1v) is 11.9. The highest BCUT2D eigenvalue weighted by Gasteiger charge is 2.53. The standard InChI is InChI=1S/C26H27N3O10/c1-11(30)34-10-20-21(35-12(2)31)22(36-13(3)32)23(37-14(4)33)26(39-20)38-17-6-5-15-8-18-19(9-16(15)7-17)25(28)29-24(18)27/h5-9,20-23,26H,10H2,1-4H3,(H3,27,28,29)/t20-,21-,22+,23-,26-/m1/s1. The van der Waals surface area contributed by atoms with Gasteiger partial charge in [-0.1, -0.05) is 6.07 Å². The number of carbonyl (C=O) groups is 4. The van der Waals surface area contributed by atoms with E-state index in [4.69, 9.17) is 39.6 Å². The van der Waals surface area contributed by atoms with Gasteiger partial charge in [-0.05, 0) is 35.0 Å². The van der Waals surface area contributed by atoms with Crippen LogP contribution in [0.5, 0.6) is 5.75 Å². The van der Waals surface area contributed by atoms with Crippen molar-refractivity contribution in [3.05, 3.63) is 41.5 Å². The van der Waals surface area contributed by atoms with E-state index in [9.17, 15) is 19.2 Å². The Labute approximate surface area is 222 Å². The van der Waals surface area contributed by atoms with Crippen LogP contribution in [-0.2, 0) is 42.9 Å². The van der Waals surface area contributed by atoms with Crippen LogP contribution >= 0.6 is 0 Å². The number of esters is 4. The fraction of sp³-hybridized carbons (Fsp3) is 0.385. The number of nitrogens with zero attached hydrogens (tertiary/aromatic N) is 1. The van der Waals surface area contributed by atoms with Crippen LogP contribution in [0.25, 0.3) is 10.8 Å². The fourth-order valence-electron chi connectivity index (χ4n) is 4.42. The molecule has 0 unspecified atom stereocenters. The number of aliphatic imine (C=N–C) groups is 1. The van der Waals surface area contributed by atoms with Gasteiger partial charge in [0.2, 0.25) is 12.4 Å². The Morgan fingerprint density at radius 3 is 2.10 bits per heavy atom. The van der Waals surface area contributed by atoms with Crippen molar-refractivity contribution in [2.45, 2.75) is 58.4 Å². The molecule has 13 nitrogen and oxygen atoms in total. The maximum Gasteiger partial charge on any atom is 0.303 e. The van der Waals surface area contributed by atoms with Gasteiger partial charge in [-0.15, -0.1) is 0 Å². The molecule has 2 heterocycles. The molecule has 0 bridgehead atoms. The third-order valence-corrected chi connectivity index (χ3v) is 5.91. The van der Waals surface area contributed by atoms with Crippen LogP contribution in [0.3, 0.4) is 0 Å². The normalized spacial score (nSPS) is 23.8. The molecule has 13 heteroatoms. The zero-order valence-corrected chi connectivity index (χ0v) is 21.6. The second-order valence-corrected chi connectivity index (χ2v) is 8.94. The number of carbonyl (C=O) groups excluding carboxylic acids is 4. The number of benzene rings is 2. The van der Waals surface area contributed by atoms with E-state index in [1.54, 1.807) is 24.3 Å². The van der Waals surface area contributed by atoms with Gasteiger partial charge in [-0.3, -0.25) is 24.6 Å². The predicted molar refractivity (Wildman–Crippen MR) is 134 cm³/mol. The summed E-state index contributed by atoms with van der Waals surface area (Å²) in [6, 6.07) is 8.62. The summed E-state index contributed by atoms with van der Waals surface area (Å²) in [5.41, 5.74) is 7.12. The molecule has 2 aliphatic rings. The molecule has 2 aromatic rings. The average Bonchev–Trinajstić information content (AvgIpc) is 3.11. The number of fused-ring (bicyclic) bond motifs is 2. The topological polar surface area (TPSA) is 186 Å². The molecule has 2 aromatic carbocycles. The minimum atomic E-state index is -1.37. The van der Waals surface area contributed by atoms with Crippen LogP contribution in [0, 0.1) is 5.41 Å². The molecule has 0 aliphatic carbocycles. The molecule has 0 amide bonds. The minimum absolute atomic E-state index is 0.0373. The van der Waals surface area contributed by atoms with E-state index < -0.39 is 54.6 Å². The Bertz CT molecular complexity index is 1390. The third kappa shape index (κ3) is 6.14. The van der Waals surface area contributed by atoms with Crippen LogP contribution in [0.15, 0.2) is 35.3 Å². The quantitative estimate of drug-likeness (QED) is 0.381. The monoisotopic (exact) mass is 541 g/mol. The molecule has 2 aliphatic heterocycles. The summed E-state index contributed by atoms with van der Waals surface area (Å²) in [7, 11) is 0. The highest BCUT2D eigenvalue weighted by Crippen LogP contribution is 2.33. The first-order chi connectivity index (χ1) is 18.4. The van der Waals surface area contributed by atoms with E-state index >= 15 is 0 Å². The number of rotatable bonds is 7. The molecule has 39 heavy (non-hydrogen) atoms. The summed E-state index contributed by atoms with van der Waals surface area (Å²) in [5.74, 6) is -2.26. The lowest BCUT2D eigenvalue weighted by Crippen LogP contribution is -2.63. The summed E-state index contributed by atoms with van der Waals surface area (Å²) in [6.07, 6.45) is -6.50. The van der Waals surface area contributed by atoms with Gasteiger partial charge in [0.25, 0.3) is 0 Å². The Morgan fingerprint density at radius 2 is 1.46 bits per heavy atom. The van der Waals surface area contributed by atoms with Gasteiger partial charge in [0.15, 0.2) is 18.0 Å². The van der Waals surface area contributed by atoms with Crippen LogP contribution < -0.4 is 10.5 Å². The Morgan fingerprint density at radius 1 is 0.846 bits per heavy atom. The predicted octanol–water partition coefficient (Wildman–Crippen LogP) is 1.35. The molecular formula is C26H27N3O10. The van der Waals surface area contributed by atoms with Gasteiger partial charge in [-0.25, -0.2) is 4.99 Å². The third-order valence-electron chi connectivity index (χ3n) is 5.91. The maximum absolute atomic E-state index is 12.0. The van der Waals surface area contributed by atoms with Crippen molar-refractivity contribution in [2.75, 3.05) is 6.61 Å². The van der Waals surface area contributed by atoms with Crippen LogP contribution in [0.1, 0.15) is 38.8 Å². The van der Waals surface area contributed by atoms with Gasteiger partial charge >= 0.3 is 23.9 Å². The molecule has 206 valence electrons. The smallest absolute Gasteiger partial charge is 0.303 e. The van der Waals surface area contributed by atoms with Gasteiger partial charge in [0.1, 0.15) is 24.3 Å². The summed E-state index contributed by atoms with van der Waals surface area (Å²) in [4.78, 5) is 51.4.